The van der Waals surface area contributed by atoms with E-state index in [0.717, 1.165) is 25.4 Å². The average molecular weight is 236 g/mol. The van der Waals surface area contributed by atoms with Gasteiger partial charge in [-0.1, -0.05) is 19.3 Å². The zero-order valence-electron chi connectivity index (χ0n) is 10.7. The number of rotatable bonds is 5. The molecule has 3 fully saturated rings. The maximum Gasteiger partial charge on any atom is 0.239 e. The van der Waals surface area contributed by atoms with E-state index < -0.39 is 0 Å². The van der Waals surface area contributed by atoms with E-state index >= 15 is 0 Å². The van der Waals surface area contributed by atoms with Crippen LogP contribution in [0.5, 0.6) is 0 Å². The number of hydrogen-bond donors (Lipinski definition) is 1. The van der Waals surface area contributed by atoms with E-state index in [1.165, 1.54) is 44.9 Å². The van der Waals surface area contributed by atoms with Gasteiger partial charge in [-0.15, -0.1) is 0 Å². The predicted octanol–water partition coefficient (Wildman–Crippen LogP) is 1.92. The minimum Gasteiger partial charge on any atom is -0.341 e. The average Bonchev–Trinajstić information content (AvgIpc) is 3.05. The van der Waals surface area contributed by atoms with Gasteiger partial charge in [0.15, 0.2) is 0 Å². The van der Waals surface area contributed by atoms with Crippen LogP contribution in [-0.2, 0) is 4.79 Å². The van der Waals surface area contributed by atoms with Crippen molar-refractivity contribution >= 4 is 5.91 Å². The monoisotopic (exact) mass is 236 g/mol. The lowest BCUT2D eigenvalue weighted by Crippen LogP contribution is -2.51. The Morgan fingerprint density at radius 2 is 1.94 bits per heavy atom. The van der Waals surface area contributed by atoms with Crippen molar-refractivity contribution in [2.24, 2.45) is 5.92 Å². The molecule has 1 aliphatic heterocycles. The van der Waals surface area contributed by atoms with Crippen LogP contribution >= 0.6 is 0 Å². The quantitative estimate of drug-likeness (QED) is 0.791. The van der Waals surface area contributed by atoms with Gasteiger partial charge in [-0.3, -0.25) is 4.79 Å². The molecular weight excluding hydrogens is 212 g/mol. The van der Waals surface area contributed by atoms with Crippen molar-refractivity contribution in [3.05, 3.63) is 0 Å². The molecule has 1 saturated heterocycles. The molecule has 3 rings (SSSR count). The minimum atomic E-state index is 0.137. The second-order valence-electron chi connectivity index (χ2n) is 6.05. The van der Waals surface area contributed by atoms with Gasteiger partial charge >= 0.3 is 0 Å². The fourth-order valence-corrected chi connectivity index (χ4v) is 2.97. The normalized spacial score (nSPS) is 30.5. The van der Waals surface area contributed by atoms with Crippen molar-refractivity contribution in [2.45, 2.75) is 63.5 Å². The molecule has 2 aliphatic carbocycles. The summed E-state index contributed by atoms with van der Waals surface area (Å²) in [5, 5.41) is 3.50. The maximum atomic E-state index is 12.3. The highest BCUT2D eigenvalue weighted by Crippen LogP contribution is 2.30. The van der Waals surface area contributed by atoms with Crippen LogP contribution in [-0.4, -0.2) is 36.0 Å². The van der Waals surface area contributed by atoms with Crippen molar-refractivity contribution in [2.75, 3.05) is 13.1 Å². The number of likely N-dealkylation sites (tertiary alicyclic amines) is 1. The smallest absolute Gasteiger partial charge is 0.239 e. The Balaban J connectivity index is 1.46. The van der Waals surface area contributed by atoms with Crippen LogP contribution in [0, 0.1) is 5.92 Å². The summed E-state index contributed by atoms with van der Waals surface area (Å²) >= 11 is 0. The van der Waals surface area contributed by atoms with Crippen molar-refractivity contribution in [1.29, 1.82) is 0 Å². The molecule has 0 aromatic carbocycles. The number of nitrogens with zero attached hydrogens (tertiary/aromatic N) is 1. The van der Waals surface area contributed by atoms with Gasteiger partial charge in [0, 0.05) is 19.1 Å². The number of nitrogens with one attached hydrogen (secondary N) is 1. The van der Waals surface area contributed by atoms with E-state index in [1.807, 2.05) is 0 Å². The van der Waals surface area contributed by atoms with Crippen LogP contribution in [0.1, 0.15) is 51.4 Å². The molecule has 1 unspecified atom stereocenters. The Labute approximate surface area is 104 Å². The van der Waals surface area contributed by atoms with Crippen LogP contribution in [0.4, 0.5) is 0 Å². The van der Waals surface area contributed by atoms with Crippen LogP contribution in [0.3, 0.4) is 0 Å². The fraction of sp³-hybridized carbons (Fsp3) is 0.929. The van der Waals surface area contributed by atoms with E-state index in [-0.39, 0.29) is 6.04 Å². The van der Waals surface area contributed by atoms with E-state index in [4.69, 9.17) is 0 Å². The standard InChI is InChI=1S/C14H24N2O/c17-14-13(15-12-6-7-12)5-2-9-16(14)10-8-11-3-1-4-11/h11-13,15H,1-10H2. The molecule has 0 spiro atoms. The first-order chi connectivity index (χ1) is 8.33. The largest absolute Gasteiger partial charge is 0.341 e. The van der Waals surface area contributed by atoms with E-state index in [0.29, 0.717) is 11.9 Å². The molecule has 96 valence electrons. The van der Waals surface area contributed by atoms with Gasteiger partial charge < -0.3 is 10.2 Å². The molecule has 1 atom stereocenters. The minimum absolute atomic E-state index is 0.137. The Morgan fingerprint density at radius 1 is 1.12 bits per heavy atom. The summed E-state index contributed by atoms with van der Waals surface area (Å²) < 4.78 is 0. The van der Waals surface area contributed by atoms with Crippen LogP contribution in [0.15, 0.2) is 0 Å². The Bertz CT molecular complexity index is 284. The number of carbonyl (C=O) groups is 1. The molecule has 1 heterocycles. The van der Waals surface area contributed by atoms with Gasteiger partial charge in [0.1, 0.15) is 0 Å². The maximum absolute atomic E-state index is 12.3. The Kier molecular flexibility index (Phi) is 3.37. The van der Waals surface area contributed by atoms with Gasteiger partial charge in [-0.25, -0.2) is 0 Å². The molecule has 17 heavy (non-hydrogen) atoms. The summed E-state index contributed by atoms with van der Waals surface area (Å²) in [6.45, 7) is 2.00. The molecule has 1 amide bonds. The van der Waals surface area contributed by atoms with Crippen molar-refractivity contribution in [1.82, 2.24) is 10.2 Å². The number of amides is 1. The molecular formula is C14H24N2O. The third-order valence-electron chi connectivity index (χ3n) is 4.58. The van der Waals surface area contributed by atoms with Gasteiger partial charge in [0.25, 0.3) is 0 Å². The summed E-state index contributed by atoms with van der Waals surface area (Å²) in [6.07, 6.45) is 10.2. The van der Waals surface area contributed by atoms with Gasteiger partial charge in [0.05, 0.1) is 6.04 Å². The zero-order chi connectivity index (χ0) is 11.7. The summed E-state index contributed by atoms with van der Waals surface area (Å²) in [5.41, 5.74) is 0. The number of piperidine rings is 1. The molecule has 0 aromatic heterocycles. The van der Waals surface area contributed by atoms with Crippen LogP contribution < -0.4 is 5.32 Å². The third-order valence-corrected chi connectivity index (χ3v) is 4.58. The molecule has 3 nitrogen and oxygen atoms in total. The number of carbonyl (C=O) groups excluding carboxylic acids is 1. The first-order valence-corrected chi connectivity index (χ1v) is 7.38. The summed E-state index contributed by atoms with van der Waals surface area (Å²) in [7, 11) is 0. The third kappa shape index (κ3) is 2.82. The lowest BCUT2D eigenvalue weighted by molar-refractivity contribution is -0.136. The molecule has 2 saturated carbocycles. The van der Waals surface area contributed by atoms with E-state index in [9.17, 15) is 4.79 Å². The second kappa shape index (κ2) is 4.97. The lowest BCUT2D eigenvalue weighted by Gasteiger charge is -2.35. The summed E-state index contributed by atoms with van der Waals surface area (Å²) in [6, 6.07) is 0.785. The molecule has 0 radical (unpaired) electrons. The molecule has 3 aliphatic rings. The predicted molar refractivity (Wildman–Crippen MR) is 67.7 cm³/mol. The second-order valence-corrected chi connectivity index (χ2v) is 6.05. The van der Waals surface area contributed by atoms with E-state index in [1.54, 1.807) is 0 Å². The van der Waals surface area contributed by atoms with Crippen LogP contribution in [0.2, 0.25) is 0 Å². The first kappa shape index (κ1) is 11.5. The van der Waals surface area contributed by atoms with Crippen molar-refractivity contribution in [3.63, 3.8) is 0 Å². The highest BCUT2D eigenvalue weighted by atomic mass is 16.2. The highest BCUT2D eigenvalue weighted by Gasteiger charge is 2.33. The van der Waals surface area contributed by atoms with Gasteiger partial charge in [0.2, 0.25) is 5.91 Å². The highest BCUT2D eigenvalue weighted by molar-refractivity contribution is 5.82. The SMILES string of the molecule is O=C1C(NC2CC2)CCCN1CCC1CCC1. The zero-order valence-corrected chi connectivity index (χ0v) is 10.7. The molecule has 0 bridgehead atoms. The van der Waals surface area contributed by atoms with Crippen molar-refractivity contribution in [3.8, 4) is 0 Å². The first-order valence-electron chi connectivity index (χ1n) is 7.38. The Morgan fingerprint density at radius 3 is 2.59 bits per heavy atom. The van der Waals surface area contributed by atoms with E-state index in [2.05, 4.69) is 10.2 Å². The van der Waals surface area contributed by atoms with Crippen molar-refractivity contribution < 1.29 is 4.79 Å². The topological polar surface area (TPSA) is 32.3 Å². The lowest BCUT2D eigenvalue weighted by atomic mass is 9.83. The summed E-state index contributed by atoms with van der Waals surface area (Å²) in [5.74, 6) is 1.29. The van der Waals surface area contributed by atoms with Gasteiger partial charge in [-0.2, -0.15) is 0 Å². The molecule has 3 heteroatoms. The molecule has 0 aromatic rings. The fourth-order valence-electron chi connectivity index (χ4n) is 2.97. The Hall–Kier alpha value is -0.570. The van der Waals surface area contributed by atoms with Gasteiger partial charge in [-0.05, 0) is 38.0 Å². The van der Waals surface area contributed by atoms with Crippen LogP contribution in [0.25, 0.3) is 0 Å². The molecule has 1 N–H and O–H groups in total. The summed E-state index contributed by atoms with van der Waals surface area (Å²) in [4.78, 5) is 14.4. The number of hydrogen-bond acceptors (Lipinski definition) is 2.